The van der Waals surface area contributed by atoms with Crippen molar-refractivity contribution in [2.75, 3.05) is 19.6 Å². The van der Waals surface area contributed by atoms with Gasteiger partial charge in [-0.1, -0.05) is 19.4 Å². The van der Waals surface area contributed by atoms with Gasteiger partial charge in [-0.3, -0.25) is 14.7 Å². The fourth-order valence-corrected chi connectivity index (χ4v) is 3.51. The SMILES string of the molecule is CCN1CCCC[C@@H]1CNC(=O)[C@@H]1C[C@H]1c1cccnc1. The van der Waals surface area contributed by atoms with Gasteiger partial charge in [0.25, 0.3) is 0 Å². The molecule has 1 aromatic heterocycles. The molecule has 21 heavy (non-hydrogen) atoms. The minimum Gasteiger partial charge on any atom is -0.354 e. The Balaban J connectivity index is 1.47. The smallest absolute Gasteiger partial charge is 0.223 e. The largest absolute Gasteiger partial charge is 0.354 e. The molecule has 1 N–H and O–H groups in total. The van der Waals surface area contributed by atoms with Crippen LogP contribution in [0.1, 0.15) is 44.1 Å². The van der Waals surface area contributed by atoms with Gasteiger partial charge in [0, 0.05) is 30.9 Å². The van der Waals surface area contributed by atoms with Crippen LogP contribution in [0.5, 0.6) is 0 Å². The van der Waals surface area contributed by atoms with Crippen molar-refractivity contribution in [3.8, 4) is 0 Å². The van der Waals surface area contributed by atoms with Crippen LogP contribution in [-0.4, -0.2) is 41.5 Å². The molecule has 114 valence electrons. The van der Waals surface area contributed by atoms with Gasteiger partial charge >= 0.3 is 0 Å². The van der Waals surface area contributed by atoms with E-state index in [1.807, 2.05) is 12.3 Å². The van der Waals surface area contributed by atoms with Gasteiger partial charge in [-0.05, 0) is 49.9 Å². The first-order valence-corrected chi connectivity index (χ1v) is 8.21. The van der Waals surface area contributed by atoms with Crippen LogP contribution in [0.2, 0.25) is 0 Å². The third kappa shape index (κ3) is 3.43. The molecular formula is C17H25N3O. The number of nitrogens with zero attached hydrogens (tertiary/aromatic N) is 2. The van der Waals surface area contributed by atoms with Crippen LogP contribution in [0.25, 0.3) is 0 Å². The molecule has 0 unspecified atom stereocenters. The van der Waals surface area contributed by atoms with Crippen molar-refractivity contribution in [3.63, 3.8) is 0 Å². The molecule has 4 nitrogen and oxygen atoms in total. The number of pyridine rings is 1. The summed E-state index contributed by atoms with van der Waals surface area (Å²) in [5.41, 5.74) is 1.20. The normalized spacial score (nSPS) is 29.1. The number of piperidine rings is 1. The molecule has 2 fully saturated rings. The van der Waals surface area contributed by atoms with Gasteiger partial charge in [-0.2, -0.15) is 0 Å². The Morgan fingerprint density at radius 2 is 2.38 bits per heavy atom. The number of amides is 1. The average molecular weight is 287 g/mol. The maximum Gasteiger partial charge on any atom is 0.223 e. The van der Waals surface area contributed by atoms with Crippen LogP contribution in [0.15, 0.2) is 24.5 Å². The van der Waals surface area contributed by atoms with E-state index in [0.29, 0.717) is 12.0 Å². The predicted molar refractivity (Wildman–Crippen MR) is 83.0 cm³/mol. The predicted octanol–water partition coefficient (Wildman–Crippen LogP) is 2.18. The number of hydrogen-bond acceptors (Lipinski definition) is 3. The molecule has 2 aliphatic rings. The Morgan fingerprint density at radius 1 is 1.48 bits per heavy atom. The second-order valence-electron chi connectivity index (χ2n) is 6.26. The molecule has 1 amide bonds. The zero-order chi connectivity index (χ0) is 14.7. The minimum atomic E-state index is 0.160. The number of nitrogens with one attached hydrogen (secondary N) is 1. The van der Waals surface area contributed by atoms with Crippen molar-refractivity contribution in [1.82, 2.24) is 15.2 Å². The fourth-order valence-electron chi connectivity index (χ4n) is 3.51. The second kappa shape index (κ2) is 6.56. The summed E-state index contributed by atoms with van der Waals surface area (Å²) < 4.78 is 0. The lowest BCUT2D eigenvalue weighted by molar-refractivity contribution is -0.122. The lowest BCUT2D eigenvalue weighted by atomic mass is 10.0. The van der Waals surface area contributed by atoms with Crippen molar-refractivity contribution in [2.45, 2.75) is 44.6 Å². The Kier molecular flexibility index (Phi) is 4.54. The highest BCUT2D eigenvalue weighted by Gasteiger charge is 2.44. The lowest BCUT2D eigenvalue weighted by Gasteiger charge is -2.34. The number of likely N-dealkylation sites (N-methyl/N-ethyl adjacent to an activating group) is 1. The highest BCUT2D eigenvalue weighted by molar-refractivity contribution is 5.82. The van der Waals surface area contributed by atoms with Crippen LogP contribution < -0.4 is 5.32 Å². The molecule has 0 bridgehead atoms. The van der Waals surface area contributed by atoms with Crippen molar-refractivity contribution in [2.24, 2.45) is 5.92 Å². The Hall–Kier alpha value is -1.42. The number of carbonyl (C=O) groups excluding carboxylic acids is 1. The summed E-state index contributed by atoms with van der Waals surface area (Å²) >= 11 is 0. The summed E-state index contributed by atoms with van der Waals surface area (Å²) in [6.45, 7) is 5.28. The standard InChI is InChI=1S/C17H25N3O/c1-2-20-9-4-3-7-14(20)12-19-17(21)16-10-15(16)13-6-5-8-18-11-13/h5-6,8,11,14-16H,2-4,7,9-10,12H2,1H3,(H,19,21)/t14-,15+,16-/m1/s1. The highest BCUT2D eigenvalue weighted by atomic mass is 16.2. The number of carbonyl (C=O) groups is 1. The van der Waals surface area contributed by atoms with Crippen LogP contribution in [-0.2, 0) is 4.79 Å². The maximum atomic E-state index is 12.3. The van der Waals surface area contributed by atoms with Gasteiger partial charge in [-0.15, -0.1) is 0 Å². The lowest BCUT2D eigenvalue weighted by Crippen LogP contribution is -2.46. The molecular weight excluding hydrogens is 262 g/mol. The van der Waals surface area contributed by atoms with E-state index in [9.17, 15) is 4.79 Å². The quantitative estimate of drug-likeness (QED) is 0.903. The summed E-state index contributed by atoms with van der Waals surface area (Å²) in [7, 11) is 0. The Labute approximate surface area is 126 Å². The molecule has 1 aliphatic carbocycles. The summed E-state index contributed by atoms with van der Waals surface area (Å²) in [4.78, 5) is 18.9. The van der Waals surface area contributed by atoms with Gasteiger partial charge in [0.1, 0.15) is 0 Å². The summed E-state index contributed by atoms with van der Waals surface area (Å²) in [6.07, 6.45) is 8.44. The molecule has 3 rings (SSSR count). The monoisotopic (exact) mass is 287 g/mol. The second-order valence-corrected chi connectivity index (χ2v) is 6.26. The molecule has 3 atom stereocenters. The van der Waals surface area contributed by atoms with E-state index in [4.69, 9.17) is 0 Å². The third-order valence-electron chi connectivity index (χ3n) is 4.91. The molecule has 1 aliphatic heterocycles. The van der Waals surface area contributed by atoms with E-state index < -0.39 is 0 Å². The van der Waals surface area contributed by atoms with Gasteiger partial charge in [0.05, 0.1) is 0 Å². The summed E-state index contributed by atoms with van der Waals surface area (Å²) in [5.74, 6) is 0.769. The van der Waals surface area contributed by atoms with Gasteiger partial charge in [-0.25, -0.2) is 0 Å². The van der Waals surface area contributed by atoms with Crippen molar-refractivity contribution in [1.29, 1.82) is 0 Å². The van der Waals surface area contributed by atoms with E-state index in [2.05, 4.69) is 28.2 Å². The van der Waals surface area contributed by atoms with Gasteiger partial charge in [0.2, 0.25) is 5.91 Å². The molecule has 4 heteroatoms. The summed E-state index contributed by atoms with van der Waals surface area (Å²) in [6, 6.07) is 4.55. The molecule has 0 spiro atoms. The highest BCUT2D eigenvalue weighted by Crippen LogP contribution is 2.47. The topological polar surface area (TPSA) is 45.2 Å². The molecule has 1 saturated carbocycles. The molecule has 0 aromatic carbocycles. The Bertz CT molecular complexity index is 476. The van der Waals surface area contributed by atoms with Crippen LogP contribution in [0, 0.1) is 5.92 Å². The number of likely N-dealkylation sites (tertiary alicyclic amines) is 1. The zero-order valence-electron chi connectivity index (χ0n) is 12.8. The van der Waals surface area contributed by atoms with E-state index >= 15 is 0 Å². The van der Waals surface area contributed by atoms with Crippen molar-refractivity contribution < 1.29 is 4.79 Å². The van der Waals surface area contributed by atoms with E-state index in [1.165, 1.54) is 31.4 Å². The number of rotatable bonds is 5. The van der Waals surface area contributed by atoms with Crippen molar-refractivity contribution in [3.05, 3.63) is 30.1 Å². The average Bonchev–Trinajstić information content (AvgIpc) is 3.34. The Morgan fingerprint density at radius 3 is 3.14 bits per heavy atom. The van der Waals surface area contributed by atoms with Gasteiger partial charge < -0.3 is 5.32 Å². The number of aromatic nitrogens is 1. The van der Waals surface area contributed by atoms with Crippen molar-refractivity contribution >= 4 is 5.91 Å². The van der Waals surface area contributed by atoms with Gasteiger partial charge in [0.15, 0.2) is 0 Å². The van der Waals surface area contributed by atoms with E-state index in [-0.39, 0.29) is 11.8 Å². The first-order chi connectivity index (χ1) is 10.3. The van der Waals surface area contributed by atoms with Crippen LogP contribution in [0.4, 0.5) is 0 Å². The first kappa shape index (κ1) is 14.5. The minimum absolute atomic E-state index is 0.160. The summed E-state index contributed by atoms with van der Waals surface area (Å²) in [5, 5.41) is 3.18. The maximum absolute atomic E-state index is 12.3. The molecule has 2 heterocycles. The van der Waals surface area contributed by atoms with Crippen LogP contribution in [0.3, 0.4) is 0 Å². The zero-order valence-corrected chi connectivity index (χ0v) is 12.8. The molecule has 1 aromatic rings. The molecule has 0 radical (unpaired) electrons. The van der Waals surface area contributed by atoms with Crippen LogP contribution >= 0.6 is 0 Å². The van der Waals surface area contributed by atoms with E-state index in [1.54, 1.807) is 6.20 Å². The fraction of sp³-hybridized carbons (Fsp3) is 0.647. The third-order valence-corrected chi connectivity index (χ3v) is 4.91. The van der Waals surface area contributed by atoms with E-state index in [0.717, 1.165) is 19.5 Å². The number of hydrogen-bond donors (Lipinski definition) is 1. The first-order valence-electron chi connectivity index (χ1n) is 8.21. The molecule has 1 saturated heterocycles.